The summed E-state index contributed by atoms with van der Waals surface area (Å²) in [5.41, 5.74) is 1.64. The van der Waals surface area contributed by atoms with Gasteiger partial charge in [-0.2, -0.15) is 5.26 Å². The molecule has 3 aromatic rings. The first-order valence-electron chi connectivity index (χ1n) is 7.61. The third-order valence-corrected chi connectivity index (χ3v) is 3.50. The van der Waals surface area contributed by atoms with Crippen molar-refractivity contribution in [3.63, 3.8) is 0 Å². The van der Waals surface area contributed by atoms with Crippen LogP contribution >= 0.6 is 0 Å². The van der Waals surface area contributed by atoms with Gasteiger partial charge in [0.1, 0.15) is 6.54 Å². The molecule has 0 fully saturated rings. The highest BCUT2D eigenvalue weighted by Gasteiger charge is 2.14. The van der Waals surface area contributed by atoms with Crippen molar-refractivity contribution < 1.29 is 18.7 Å². The number of ether oxygens (including phenoxy) is 1. The Hall–Kier alpha value is -3.86. The monoisotopic (exact) mass is 351 g/mol. The van der Waals surface area contributed by atoms with Crippen molar-refractivity contribution in [2.45, 2.75) is 6.54 Å². The molecule has 1 amide bonds. The molecular weight excluding hydrogens is 338 g/mol. The van der Waals surface area contributed by atoms with Crippen molar-refractivity contribution in [3.8, 4) is 6.07 Å². The molecule has 1 N–H and O–H groups in total. The van der Waals surface area contributed by atoms with Gasteiger partial charge in [-0.3, -0.25) is 14.2 Å². The van der Waals surface area contributed by atoms with Gasteiger partial charge in [-0.25, -0.2) is 4.79 Å². The molecule has 0 spiro atoms. The van der Waals surface area contributed by atoms with Crippen molar-refractivity contribution in [2.24, 2.45) is 0 Å². The lowest BCUT2D eigenvalue weighted by Crippen LogP contribution is -2.25. The summed E-state index contributed by atoms with van der Waals surface area (Å²) in [7, 11) is 0. The number of benzene rings is 2. The van der Waals surface area contributed by atoms with E-state index in [9.17, 15) is 14.4 Å². The first-order valence-corrected chi connectivity index (χ1v) is 7.61. The maximum Gasteiger partial charge on any atom is 0.420 e. The van der Waals surface area contributed by atoms with Crippen molar-refractivity contribution in [2.75, 3.05) is 11.9 Å². The summed E-state index contributed by atoms with van der Waals surface area (Å²) in [5, 5.41) is 11.3. The summed E-state index contributed by atoms with van der Waals surface area (Å²) in [6, 6.07) is 15.0. The van der Waals surface area contributed by atoms with Crippen LogP contribution in [0.25, 0.3) is 11.1 Å². The van der Waals surface area contributed by atoms with Crippen LogP contribution < -0.4 is 11.1 Å². The third kappa shape index (κ3) is 3.79. The number of nitrogens with zero attached hydrogens (tertiary/aromatic N) is 2. The maximum absolute atomic E-state index is 11.9. The average Bonchev–Trinajstić information content (AvgIpc) is 2.95. The number of nitriles is 1. The molecule has 0 bridgehead atoms. The summed E-state index contributed by atoms with van der Waals surface area (Å²) in [5.74, 6) is -1.99. The molecule has 0 aliphatic rings. The van der Waals surface area contributed by atoms with E-state index < -0.39 is 24.2 Å². The predicted molar refractivity (Wildman–Crippen MR) is 91.2 cm³/mol. The second kappa shape index (κ2) is 7.36. The van der Waals surface area contributed by atoms with Gasteiger partial charge in [-0.15, -0.1) is 0 Å². The highest BCUT2D eigenvalue weighted by Crippen LogP contribution is 2.12. The van der Waals surface area contributed by atoms with Crippen LogP contribution in [-0.2, 0) is 20.9 Å². The van der Waals surface area contributed by atoms with Gasteiger partial charge in [0.2, 0.25) is 0 Å². The molecule has 0 atom stereocenters. The van der Waals surface area contributed by atoms with E-state index in [2.05, 4.69) is 5.32 Å². The van der Waals surface area contributed by atoms with Crippen LogP contribution in [0.5, 0.6) is 0 Å². The molecular formula is C18H13N3O5. The summed E-state index contributed by atoms with van der Waals surface area (Å²) in [6.07, 6.45) is 0. The summed E-state index contributed by atoms with van der Waals surface area (Å²) < 4.78 is 11.0. The maximum atomic E-state index is 11.9. The van der Waals surface area contributed by atoms with Gasteiger partial charge in [0.05, 0.1) is 17.1 Å². The SMILES string of the molecule is N#Cc1cccc(NC(=O)COC(=O)Cn2c(=O)oc3ccccc32)c1. The molecule has 8 heteroatoms. The van der Waals surface area contributed by atoms with Crippen LogP contribution in [0.15, 0.2) is 57.7 Å². The number of nitrogens with one attached hydrogen (secondary N) is 1. The number of oxazole rings is 1. The zero-order valence-electron chi connectivity index (χ0n) is 13.5. The van der Waals surface area contributed by atoms with Gasteiger partial charge < -0.3 is 14.5 Å². The van der Waals surface area contributed by atoms with Gasteiger partial charge in [0.15, 0.2) is 12.2 Å². The topological polar surface area (TPSA) is 114 Å². The van der Waals surface area contributed by atoms with Crippen molar-refractivity contribution in [3.05, 3.63) is 64.6 Å². The minimum atomic E-state index is -0.750. The van der Waals surface area contributed by atoms with E-state index in [1.165, 1.54) is 6.07 Å². The second-order valence-electron chi connectivity index (χ2n) is 5.32. The Morgan fingerprint density at radius 2 is 2.00 bits per heavy atom. The summed E-state index contributed by atoms with van der Waals surface area (Å²) >= 11 is 0. The molecule has 2 aromatic carbocycles. The van der Waals surface area contributed by atoms with Crippen LogP contribution in [0.3, 0.4) is 0 Å². The van der Waals surface area contributed by atoms with Crippen molar-refractivity contribution >= 4 is 28.7 Å². The molecule has 0 saturated heterocycles. The smallest absolute Gasteiger partial charge is 0.420 e. The molecule has 3 rings (SSSR count). The van der Waals surface area contributed by atoms with E-state index in [0.717, 1.165) is 4.57 Å². The molecule has 8 nitrogen and oxygen atoms in total. The van der Waals surface area contributed by atoms with Crippen LogP contribution in [0, 0.1) is 11.3 Å². The fraction of sp³-hybridized carbons (Fsp3) is 0.111. The number of para-hydroxylation sites is 2. The summed E-state index contributed by atoms with van der Waals surface area (Å²) in [4.78, 5) is 35.6. The molecule has 0 aliphatic heterocycles. The highest BCUT2D eigenvalue weighted by molar-refractivity contribution is 5.93. The standard InChI is InChI=1S/C18H13N3O5/c19-9-12-4-3-5-13(8-12)20-16(22)11-25-17(23)10-21-14-6-1-2-7-15(14)26-18(21)24/h1-8H,10-11H2,(H,20,22). The lowest BCUT2D eigenvalue weighted by Gasteiger charge is -2.07. The largest absolute Gasteiger partial charge is 0.454 e. The van der Waals surface area contributed by atoms with Crippen LogP contribution in [0.1, 0.15) is 5.56 Å². The molecule has 1 heterocycles. The lowest BCUT2D eigenvalue weighted by atomic mass is 10.2. The Morgan fingerprint density at radius 3 is 2.81 bits per heavy atom. The number of hydrogen-bond acceptors (Lipinski definition) is 6. The average molecular weight is 351 g/mol. The van der Waals surface area contributed by atoms with E-state index in [4.69, 9.17) is 14.4 Å². The lowest BCUT2D eigenvalue weighted by molar-refractivity contribution is -0.147. The normalized spacial score (nSPS) is 10.3. The van der Waals surface area contributed by atoms with E-state index in [1.54, 1.807) is 42.5 Å². The Labute approximate surface area is 147 Å². The number of esters is 1. The predicted octanol–water partition coefficient (Wildman–Crippen LogP) is 1.65. The number of hydrogen-bond donors (Lipinski definition) is 1. The van der Waals surface area contributed by atoms with Gasteiger partial charge in [0, 0.05) is 5.69 Å². The Bertz CT molecular complexity index is 1070. The van der Waals surface area contributed by atoms with Gasteiger partial charge >= 0.3 is 11.7 Å². The first-order chi connectivity index (χ1) is 12.6. The Balaban J connectivity index is 1.58. The highest BCUT2D eigenvalue weighted by atomic mass is 16.5. The minimum absolute atomic E-state index is 0.361. The van der Waals surface area contributed by atoms with E-state index in [0.29, 0.717) is 22.4 Å². The summed E-state index contributed by atoms with van der Waals surface area (Å²) in [6.45, 7) is -0.882. The molecule has 130 valence electrons. The Kier molecular flexibility index (Phi) is 4.80. The van der Waals surface area contributed by atoms with Crippen LogP contribution in [-0.4, -0.2) is 23.1 Å². The quantitative estimate of drug-likeness (QED) is 0.699. The van der Waals surface area contributed by atoms with Crippen molar-refractivity contribution in [1.82, 2.24) is 4.57 Å². The first kappa shape index (κ1) is 17.0. The van der Waals surface area contributed by atoms with E-state index in [-0.39, 0.29) is 6.54 Å². The van der Waals surface area contributed by atoms with Gasteiger partial charge in [0.25, 0.3) is 5.91 Å². The van der Waals surface area contributed by atoms with E-state index >= 15 is 0 Å². The zero-order chi connectivity index (χ0) is 18.5. The van der Waals surface area contributed by atoms with Crippen LogP contribution in [0.2, 0.25) is 0 Å². The number of carbonyl (C=O) groups excluding carboxylic acids is 2. The molecule has 26 heavy (non-hydrogen) atoms. The van der Waals surface area contributed by atoms with Gasteiger partial charge in [-0.1, -0.05) is 18.2 Å². The molecule has 0 saturated carbocycles. The third-order valence-electron chi connectivity index (χ3n) is 3.50. The fourth-order valence-electron chi connectivity index (χ4n) is 2.35. The molecule has 0 unspecified atom stereocenters. The molecule has 0 radical (unpaired) electrons. The zero-order valence-corrected chi connectivity index (χ0v) is 13.5. The minimum Gasteiger partial charge on any atom is -0.454 e. The number of aromatic nitrogens is 1. The second-order valence-corrected chi connectivity index (χ2v) is 5.32. The number of rotatable bonds is 5. The van der Waals surface area contributed by atoms with Crippen molar-refractivity contribution in [1.29, 1.82) is 5.26 Å². The van der Waals surface area contributed by atoms with Crippen LogP contribution in [0.4, 0.5) is 5.69 Å². The number of carbonyl (C=O) groups is 2. The number of fused-ring (bicyclic) bond motifs is 1. The molecule has 1 aromatic heterocycles. The molecule has 0 aliphatic carbocycles. The number of anilines is 1. The van der Waals surface area contributed by atoms with Gasteiger partial charge in [-0.05, 0) is 30.3 Å². The van der Waals surface area contributed by atoms with E-state index in [1.807, 2.05) is 6.07 Å². The Morgan fingerprint density at radius 1 is 1.19 bits per heavy atom. The number of amides is 1. The fourth-order valence-corrected chi connectivity index (χ4v) is 2.35.